The first-order valence-electron chi connectivity index (χ1n) is 10.1. The number of rotatable bonds is 6. The SMILES string of the molecule is O=C(CSc1nc2c(c(=O)[nH]1)CN(Cc1ccc(F)cc1)CC2)NC1CCCC1. The van der Waals surface area contributed by atoms with E-state index < -0.39 is 0 Å². The summed E-state index contributed by atoms with van der Waals surface area (Å²) in [6.45, 7) is 1.96. The second-order valence-corrected chi connectivity index (χ2v) is 8.69. The number of aromatic nitrogens is 2. The Morgan fingerprint density at radius 1 is 1.28 bits per heavy atom. The van der Waals surface area contributed by atoms with Crippen LogP contribution < -0.4 is 10.9 Å². The number of nitrogens with zero attached hydrogens (tertiary/aromatic N) is 2. The number of aromatic amines is 1. The summed E-state index contributed by atoms with van der Waals surface area (Å²) in [5.74, 6) is 0.00244. The van der Waals surface area contributed by atoms with E-state index in [4.69, 9.17) is 0 Å². The molecule has 2 aromatic rings. The van der Waals surface area contributed by atoms with Crippen molar-refractivity contribution in [3.63, 3.8) is 0 Å². The van der Waals surface area contributed by atoms with Gasteiger partial charge >= 0.3 is 0 Å². The van der Waals surface area contributed by atoms with Gasteiger partial charge in [-0.05, 0) is 30.5 Å². The van der Waals surface area contributed by atoms with Gasteiger partial charge in [-0.2, -0.15) is 0 Å². The monoisotopic (exact) mass is 416 g/mol. The highest BCUT2D eigenvalue weighted by molar-refractivity contribution is 7.99. The molecule has 1 saturated carbocycles. The first kappa shape index (κ1) is 20.1. The molecule has 1 amide bonds. The van der Waals surface area contributed by atoms with Gasteiger partial charge in [0.15, 0.2) is 5.16 Å². The molecule has 2 heterocycles. The van der Waals surface area contributed by atoms with Crippen molar-refractivity contribution in [2.45, 2.75) is 56.4 Å². The number of hydrogen-bond acceptors (Lipinski definition) is 5. The Labute approximate surface area is 173 Å². The lowest BCUT2D eigenvalue weighted by atomic mass is 10.1. The highest BCUT2D eigenvalue weighted by atomic mass is 32.2. The third-order valence-corrected chi connectivity index (χ3v) is 6.38. The quantitative estimate of drug-likeness (QED) is 0.559. The molecule has 0 saturated heterocycles. The Balaban J connectivity index is 1.35. The first-order valence-corrected chi connectivity index (χ1v) is 11.1. The van der Waals surface area contributed by atoms with E-state index in [1.807, 2.05) is 0 Å². The van der Waals surface area contributed by atoms with Crippen LogP contribution >= 0.6 is 11.8 Å². The first-order chi connectivity index (χ1) is 14.1. The molecule has 1 aliphatic heterocycles. The summed E-state index contributed by atoms with van der Waals surface area (Å²) in [6.07, 6.45) is 5.14. The molecular formula is C21H25FN4O2S. The summed E-state index contributed by atoms with van der Waals surface area (Å²) >= 11 is 1.28. The van der Waals surface area contributed by atoms with Gasteiger partial charge in [-0.15, -0.1) is 0 Å². The number of nitrogens with one attached hydrogen (secondary N) is 2. The summed E-state index contributed by atoms with van der Waals surface area (Å²) < 4.78 is 13.1. The van der Waals surface area contributed by atoms with Crippen molar-refractivity contribution in [3.05, 3.63) is 57.3 Å². The van der Waals surface area contributed by atoms with E-state index in [2.05, 4.69) is 20.2 Å². The van der Waals surface area contributed by atoms with Gasteiger partial charge in [0.2, 0.25) is 5.91 Å². The number of halogens is 1. The molecule has 2 N–H and O–H groups in total. The number of carbonyl (C=O) groups excluding carboxylic acids is 1. The molecule has 8 heteroatoms. The van der Waals surface area contributed by atoms with Crippen LogP contribution in [-0.4, -0.2) is 39.1 Å². The number of amides is 1. The highest BCUT2D eigenvalue weighted by Gasteiger charge is 2.22. The molecule has 6 nitrogen and oxygen atoms in total. The van der Waals surface area contributed by atoms with Gasteiger partial charge in [0.25, 0.3) is 5.56 Å². The lowest BCUT2D eigenvalue weighted by molar-refractivity contribution is -0.119. The van der Waals surface area contributed by atoms with Crippen LogP contribution in [-0.2, 0) is 24.3 Å². The lowest BCUT2D eigenvalue weighted by Gasteiger charge is -2.27. The molecule has 0 radical (unpaired) electrons. The van der Waals surface area contributed by atoms with Crippen molar-refractivity contribution in [1.29, 1.82) is 0 Å². The molecule has 2 aliphatic rings. The summed E-state index contributed by atoms with van der Waals surface area (Å²) in [7, 11) is 0. The van der Waals surface area contributed by atoms with Gasteiger partial charge in [-0.3, -0.25) is 14.5 Å². The maximum Gasteiger partial charge on any atom is 0.256 e. The normalized spacial score (nSPS) is 17.3. The summed E-state index contributed by atoms with van der Waals surface area (Å²) in [6, 6.07) is 6.74. The second kappa shape index (κ2) is 9.09. The van der Waals surface area contributed by atoms with Crippen LogP contribution in [0.2, 0.25) is 0 Å². The van der Waals surface area contributed by atoms with Crippen molar-refractivity contribution in [2.24, 2.45) is 0 Å². The van der Waals surface area contributed by atoms with Crippen LogP contribution in [0.15, 0.2) is 34.2 Å². The van der Waals surface area contributed by atoms with E-state index in [9.17, 15) is 14.0 Å². The minimum atomic E-state index is -0.250. The Bertz CT molecular complexity index is 925. The molecule has 0 unspecified atom stereocenters. The van der Waals surface area contributed by atoms with Crippen LogP contribution in [0.3, 0.4) is 0 Å². The highest BCUT2D eigenvalue weighted by Crippen LogP contribution is 2.21. The third-order valence-electron chi connectivity index (χ3n) is 5.51. The zero-order valence-corrected chi connectivity index (χ0v) is 17.1. The Morgan fingerprint density at radius 3 is 2.79 bits per heavy atom. The lowest BCUT2D eigenvalue weighted by Crippen LogP contribution is -2.36. The van der Waals surface area contributed by atoms with E-state index in [-0.39, 0.29) is 23.0 Å². The molecule has 4 rings (SSSR count). The summed E-state index contributed by atoms with van der Waals surface area (Å²) in [5.41, 5.74) is 2.36. The number of carbonyl (C=O) groups is 1. The topological polar surface area (TPSA) is 78.1 Å². The standard InChI is InChI=1S/C21H25FN4O2S/c22-15-7-5-14(6-8-15)11-26-10-9-18-17(12-26)20(28)25-21(24-18)29-13-19(27)23-16-3-1-2-4-16/h5-8,16H,1-4,9-13H2,(H,23,27)(H,24,25,28). The Morgan fingerprint density at radius 2 is 2.03 bits per heavy atom. The zero-order chi connectivity index (χ0) is 20.2. The fourth-order valence-corrected chi connectivity index (χ4v) is 4.67. The number of fused-ring (bicyclic) bond motifs is 1. The second-order valence-electron chi connectivity index (χ2n) is 7.72. The van der Waals surface area contributed by atoms with Gasteiger partial charge in [0.1, 0.15) is 5.82 Å². The van der Waals surface area contributed by atoms with Gasteiger partial charge in [-0.25, -0.2) is 9.37 Å². The van der Waals surface area contributed by atoms with E-state index >= 15 is 0 Å². The molecule has 1 aromatic carbocycles. The van der Waals surface area contributed by atoms with Crippen LogP contribution in [0, 0.1) is 5.82 Å². The van der Waals surface area contributed by atoms with Gasteiger partial charge in [-0.1, -0.05) is 36.7 Å². The molecule has 0 bridgehead atoms. The van der Waals surface area contributed by atoms with Gasteiger partial charge < -0.3 is 10.3 Å². The number of thioether (sulfide) groups is 1. The maximum atomic E-state index is 13.1. The smallest absolute Gasteiger partial charge is 0.256 e. The number of benzene rings is 1. The van der Waals surface area contributed by atoms with Gasteiger partial charge in [0, 0.05) is 32.1 Å². The van der Waals surface area contributed by atoms with Crippen molar-refractivity contribution >= 4 is 17.7 Å². The minimum Gasteiger partial charge on any atom is -0.353 e. The molecular weight excluding hydrogens is 391 g/mol. The fourth-order valence-electron chi connectivity index (χ4n) is 3.98. The van der Waals surface area contributed by atoms with Crippen molar-refractivity contribution in [2.75, 3.05) is 12.3 Å². The summed E-state index contributed by atoms with van der Waals surface area (Å²) in [4.78, 5) is 34.2. The van der Waals surface area contributed by atoms with Gasteiger partial charge in [0.05, 0.1) is 17.0 Å². The number of H-pyrrole nitrogens is 1. The fraction of sp³-hybridized carbons (Fsp3) is 0.476. The van der Waals surface area contributed by atoms with E-state index in [1.54, 1.807) is 12.1 Å². The predicted molar refractivity (Wildman–Crippen MR) is 110 cm³/mol. The summed E-state index contributed by atoms with van der Waals surface area (Å²) in [5, 5.41) is 3.55. The van der Waals surface area contributed by atoms with Crippen molar-refractivity contribution in [1.82, 2.24) is 20.2 Å². The van der Waals surface area contributed by atoms with E-state index in [0.29, 0.717) is 36.3 Å². The van der Waals surface area contributed by atoms with Crippen molar-refractivity contribution < 1.29 is 9.18 Å². The molecule has 0 atom stereocenters. The van der Waals surface area contributed by atoms with Crippen LogP contribution in [0.25, 0.3) is 0 Å². The van der Waals surface area contributed by atoms with Crippen LogP contribution in [0.1, 0.15) is 42.5 Å². The largest absolute Gasteiger partial charge is 0.353 e. The predicted octanol–water partition coefficient (Wildman–Crippen LogP) is 2.62. The zero-order valence-electron chi connectivity index (χ0n) is 16.2. The maximum absolute atomic E-state index is 13.1. The minimum absolute atomic E-state index is 0.00672. The van der Waals surface area contributed by atoms with Crippen LogP contribution in [0.5, 0.6) is 0 Å². The molecule has 1 fully saturated rings. The van der Waals surface area contributed by atoms with Crippen molar-refractivity contribution in [3.8, 4) is 0 Å². The molecule has 1 aromatic heterocycles. The molecule has 29 heavy (non-hydrogen) atoms. The molecule has 1 aliphatic carbocycles. The van der Waals surface area contributed by atoms with Crippen LogP contribution in [0.4, 0.5) is 4.39 Å². The molecule has 0 spiro atoms. The number of hydrogen-bond donors (Lipinski definition) is 2. The Kier molecular flexibility index (Phi) is 6.30. The van der Waals surface area contributed by atoms with E-state index in [1.165, 1.54) is 36.7 Å². The third kappa shape index (κ3) is 5.25. The molecule has 154 valence electrons. The average Bonchev–Trinajstić information content (AvgIpc) is 3.22. The van der Waals surface area contributed by atoms with E-state index in [0.717, 1.165) is 30.6 Å². The Hall–Kier alpha value is -2.19. The average molecular weight is 417 g/mol.